The van der Waals surface area contributed by atoms with Crippen LogP contribution in [-0.4, -0.2) is 16.8 Å². The monoisotopic (exact) mass is 229 g/mol. The van der Waals surface area contributed by atoms with Crippen molar-refractivity contribution in [3.05, 3.63) is 35.9 Å². The lowest BCUT2D eigenvalue weighted by Gasteiger charge is -2.09. The Labute approximate surface area is 99.8 Å². The lowest BCUT2D eigenvalue weighted by molar-refractivity contribution is 0.112. The number of nitrogens with two attached hydrogens (primary N) is 1. The summed E-state index contributed by atoms with van der Waals surface area (Å²) in [6, 6.07) is 10.2. The van der Waals surface area contributed by atoms with Crippen molar-refractivity contribution in [2.24, 2.45) is 0 Å². The van der Waals surface area contributed by atoms with Gasteiger partial charge < -0.3 is 10.5 Å². The summed E-state index contributed by atoms with van der Waals surface area (Å²) >= 11 is 0. The van der Waals surface area contributed by atoms with Crippen molar-refractivity contribution in [1.82, 2.24) is 10.2 Å². The maximum Gasteiger partial charge on any atom is 0.145 e. The summed E-state index contributed by atoms with van der Waals surface area (Å²) < 4.78 is 5.65. The Morgan fingerprint density at radius 3 is 2.71 bits per heavy atom. The highest BCUT2D eigenvalue weighted by molar-refractivity contribution is 5.62. The van der Waals surface area contributed by atoms with Crippen molar-refractivity contribution >= 4 is 5.82 Å². The smallest absolute Gasteiger partial charge is 0.145 e. The van der Waals surface area contributed by atoms with E-state index in [2.05, 4.69) is 34.5 Å². The quantitative estimate of drug-likeness (QED) is 0.831. The summed E-state index contributed by atoms with van der Waals surface area (Å²) in [6.07, 6.45) is 2.55. The highest BCUT2D eigenvalue weighted by atomic mass is 16.5. The van der Waals surface area contributed by atoms with Gasteiger partial charge in [-0.25, -0.2) is 0 Å². The highest BCUT2D eigenvalue weighted by Gasteiger charge is 2.17. The molecule has 1 fully saturated rings. The number of benzene rings is 1. The molecular weight excluding hydrogens is 214 g/mol. The van der Waals surface area contributed by atoms with E-state index in [0.29, 0.717) is 5.82 Å². The second-order valence-electron chi connectivity index (χ2n) is 4.33. The lowest BCUT2D eigenvalue weighted by Crippen LogP contribution is -1.95. The first kappa shape index (κ1) is 10.4. The number of rotatable bonds is 2. The predicted molar refractivity (Wildman–Crippen MR) is 66.4 cm³/mol. The Balaban J connectivity index is 1.84. The molecule has 1 aromatic carbocycles. The molecule has 2 heterocycles. The molecule has 1 atom stereocenters. The van der Waals surface area contributed by atoms with Gasteiger partial charge >= 0.3 is 0 Å². The SMILES string of the molecule is Nc1cc(-c2ccc(C3CCCO3)cc2)[nH]n1. The van der Waals surface area contributed by atoms with Crippen molar-refractivity contribution in [3.8, 4) is 11.3 Å². The molecule has 0 bridgehead atoms. The normalized spacial score (nSPS) is 19.6. The molecule has 0 saturated carbocycles. The number of H-pyrrole nitrogens is 1. The van der Waals surface area contributed by atoms with Crippen LogP contribution in [0.1, 0.15) is 24.5 Å². The molecule has 0 amide bonds. The number of nitrogens with one attached hydrogen (secondary N) is 1. The third kappa shape index (κ3) is 2.03. The number of ether oxygens (including phenoxy) is 1. The number of hydrogen-bond donors (Lipinski definition) is 2. The summed E-state index contributed by atoms with van der Waals surface area (Å²) in [6.45, 7) is 0.878. The maximum atomic E-state index is 5.65. The zero-order valence-electron chi connectivity index (χ0n) is 9.52. The molecule has 1 unspecified atom stereocenters. The van der Waals surface area contributed by atoms with Gasteiger partial charge in [0.1, 0.15) is 5.82 Å². The van der Waals surface area contributed by atoms with Crippen LogP contribution in [-0.2, 0) is 4.74 Å². The molecular formula is C13H15N3O. The molecule has 17 heavy (non-hydrogen) atoms. The van der Waals surface area contributed by atoms with Gasteiger partial charge in [0, 0.05) is 12.7 Å². The van der Waals surface area contributed by atoms with Gasteiger partial charge in [-0.15, -0.1) is 0 Å². The Kier molecular flexibility index (Phi) is 2.57. The molecule has 1 saturated heterocycles. The fraction of sp³-hybridized carbons (Fsp3) is 0.308. The second-order valence-corrected chi connectivity index (χ2v) is 4.33. The maximum absolute atomic E-state index is 5.65. The van der Waals surface area contributed by atoms with Crippen molar-refractivity contribution < 1.29 is 4.74 Å². The molecule has 2 aromatic rings. The summed E-state index contributed by atoms with van der Waals surface area (Å²) in [4.78, 5) is 0. The number of nitrogens with zero attached hydrogens (tertiary/aromatic N) is 1. The molecule has 88 valence electrons. The minimum atomic E-state index is 0.274. The van der Waals surface area contributed by atoms with Crippen molar-refractivity contribution in [2.45, 2.75) is 18.9 Å². The van der Waals surface area contributed by atoms with E-state index >= 15 is 0 Å². The van der Waals surface area contributed by atoms with E-state index < -0.39 is 0 Å². The van der Waals surface area contributed by atoms with Crippen LogP contribution in [0.5, 0.6) is 0 Å². The Morgan fingerprint density at radius 2 is 2.12 bits per heavy atom. The minimum Gasteiger partial charge on any atom is -0.382 e. The fourth-order valence-electron chi connectivity index (χ4n) is 2.20. The number of anilines is 1. The number of aromatic nitrogens is 2. The van der Waals surface area contributed by atoms with Crippen molar-refractivity contribution in [1.29, 1.82) is 0 Å². The Bertz CT molecular complexity index is 498. The van der Waals surface area contributed by atoms with Gasteiger partial charge in [-0.2, -0.15) is 5.10 Å². The van der Waals surface area contributed by atoms with E-state index in [0.717, 1.165) is 30.7 Å². The van der Waals surface area contributed by atoms with Crippen LogP contribution in [0.3, 0.4) is 0 Å². The van der Waals surface area contributed by atoms with Crippen LogP contribution in [0.25, 0.3) is 11.3 Å². The van der Waals surface area contributed by atoms with E-state index in [4.69, 9.17) is 10.5 Å². The summed E-state index contributed by atoms with van der Waals surface area (Å²) in [5.74, 6) is 0.517. The van der Waals surface area contributed by atoms with Crippen molar-refractivity contribution in [2.75, 3.05) is 12.3 Å². The van der Waals surface area contributed by atoms with Crippen LogP contribution in [0.15, 0.2) is 30.3 Å². The van der Waals surface area contributed by atoms with E-state index in [1.165, 1.54) is 5.56 Å². The third-order valence-corrected chi connectivity index (χ3v) is 3.12. The Hall–Kier alpha value is -1.81. The largest absolute Gasteiger partial charge is 0.382 e. The molecule has 0 radical (unpaired) electrons. The number of aromatic amines is 1. The molecule has 0 aliphatic carbocycles. The molecule has 0 spiro atoms. The molecule has 1 aliphatic heterocycles. The first-order chi connectivity index (χ1) is 8.33. The van der Waals surface area contributed by atoms with E-state index in [1.807, 2.05) is 6.07 Å². The van der Waals surface area contributed by atoms with Gasteiger partial charge in [-0.3, -0.25) is 5.10 Å². The zero-order chi connectivity index (χ0) is 11.7. The standard InChI is InChI=1S/C13H15N3O/c14-13-8-11(15-16-13)9-3-5-10(6-4-9)12-2-1-7-17-12/h3-6,8,12H,1-2,7H2,(H3,14,15,16). The first-order valence-electron chi connectivity index (χ1n) is 5.86. The summed E-state index contributed by atoms with van der Waals surface area (Å²) in [5.41, 5.74) is 8.87. The molecule has 1 aromatic heterocycles. The highest BCUT2D eigenvalue weighted by Crippen LogP contribution is 2.29. The van der Waals surface area contributed by atoms with Gasteiger partial charge in [0.2, 0.25) is 0 Å². The Morgan fingerprint density at radius 1 is 1.29 bits per heavy atom. The zero-order valence-corrected chi connectivity index (χ0v) is 9.52. The van der Waals surface area contributed by atoms with Gasteiger partial charge in [0.15, 0.2) is 0 Å². The van der Waals surface area contributed by atoms with Gasteiger partial charge in [0.05, 0.1) is 11.8 Å². The molecule has 3 rings (SSSR count). The fourth-order valence-corrected chi connectivity index (χ4v) is 2.20. The van der Waals surface area contributed by atoms with Crippen LogP contribution in [0.4, 0.5) is 5.82 Å². The average Bonchev–Trinajstić information content (AvgIpc) is 3.00. The van der Waals surface area contributed by atoms with E-state index in [-0.39, 0.29) is 6.10 Å². The van der Waals surface area contributed by atoms with Crippen molar-refractivity contribution in [3.63, 3.8) is 0 Å². The van der Waals surface area contributed by atoms with Crippen LogP contribution in [0, 0.1) is 0 Å². The summed E-state index contributed by atoms with van der Waals surface area (Å²) in [5, 5.41) is 6.83. The van der Waals surface area contributed by atoms with Gasteiger partial charge in [-0.05, 0) is 24.0 Å². The molecule has 4 nitrogen and oxygen atoms in total. The lowest BCUT2D eigenvalue weighted by atomic mass is 10.0. The molecule has 1 aliphatic rings. The molecule has 4 heteroatoms. The second kappa shape index (κ2) is 4.22. The first-order valence-corrected chi connectivity index (χ1v) is 5.86. The predicted octanol–water partition coefficient (Wildman–Crippen LogP) is 2.51. The van der Waals surface area contributed by atoms with E-state index in [9.17, 15) is 0 Å². The van der Waals surface area contributed by atoms with Gasteiger partial charge in [-0.1, -0.05) is 24.3 Å². The average molecular weight is 229 g/mol. The van der Waals surface area contributed by atoms with Crippen LogP contribution >= 0.6 is 0 Å². The van der Waals surface area contributed by atoms with Crippen LogP contribution in [0.2, 0.25) is 0 Å². The van der Waals surface area contributed by atoms with Crippen LogP contribution < -0.4 is 5.73 Å². The topological polar surface area (TPSA) is 63.9 Å². The minimum absolute atomic E-state index is 0.274. The number of nitrogen functional groups attached to an aromatic ring is 1. The third-order valence-electron chi connectivity index (χ3n) is 3.12. The van der Waals surface area contributed by atoms with Gasteiger partial charge in [0.25, 0.3) is 0 Å². The molecule has 3 N–H and O–H groups in total. The van der Waals surface area contributed by atoms with E-state index in [1.54, 1.807) is 0 Å². The summed E-state index contributed by atoms with van der Waals surface area (Å²) in [7, 11) is 0. The number of hydrogen-bond acceptors (Lipinski definition) is 3.